The van der Waals surface area contributed by atoms with Crippen LogP contribution in [0.5, 0.6) is 5.75 Å². The van der Waals surface area contributed by atoms with Gasteiger partial charge in [-0.3, -0.25) is 4.79 Å². The van der Waals surface area contributed by atoms with Crippen molar-refractivity contribution < 1.29 is 9.53 Å². The molecule has 0 N–H and O–H groups in total. The third-order valence-corrected chi connectivity index (χ3v) is 6.50. The molecule has 5 rings (SSSR count). The van der Waals surface area contributed by atoms with Crippen LogP contribution in [0.1, 0.15) is 50.7 Å². The van der Waals surface area contributed by atoms with Gasteiger partial charge in [-0.2, -0.15) is 0 Å². The number of carbonyl (C=O) groups excluding carboxylic acids is 1. The van der Waals surface area contributed by atoms with E-state index in [1.807, 2.05) is 37.3 Å². The minimum absolute atomic E-state index is 0.0629. The van der Waals surface area contributed by atoms with Gasteiger partial charge in [-0.05, 0) is 67.8 Å². The Bertz CT molecular complexity index is 1260. The molecule has 0 amide bonds. The second-order valence-corrected chi connectivity index (χ2v) is 8.24. The average Bonchev–Trinajstić information content (AvgIpc) is 2.96. The number of hydrogen-bond donors (Lipinski definition) is 0. The molecular weight excluding hydrogens is 343 g/mol. The second kappa shape index (κ2) is 5.38. The summed E-state index contributed by atoms with van der Waals surface area (Å²) in [6, 6.07) is 7.89. The highest BCUT2D eigenvalue weighted by molar-refractivity contribution is 6.30. The van der Waals surface area contributed by atoms with Crippen LogP contribution in [0.15, 0.2) is 30.3 Å². The Hall–Kier alpha value is -2.81. The van der Waals surface area contributed by atoms with Crippen molar-refractivity contribution in [3.8, 4) is 16.9 Å². The molecule has 136 valence electrons. The second-order valence-electron chi connectivity index (χ2n) is 8.24. The van der Waals surface area contributed by atoms with Gasteiger partial charge in [0, 0.05) is 27.6 Å². The fraction of sp³-hybridized carbons (Fsp3) is 0.240. The number of hydrogen-bond acceptors (Lipinski definition) is 2. The molecule has 0 saturated heterocycles. The molecular formula is C25H21BO2. The van der Waals surface area contributed by atoms with Crippen molar-refractivity contribution in [3.63, 3.8) is 0 Å². The quantitative estimate of drug-likeness (QED) is 0.381. The van der Waals surface area contributed by atoms with Crippen LogP contribution in [0.25, 0.3) is 28.0 Å². The van der Waals surface area contributed by atoms with E-state index in [9.17, 15) is 4.79 Å². The van der Waals surface area contributed by atoms with Crippen LogP contribution >= 0.6 is 0 Å². The van der Waals surface area contributed by atoms with Crippen molar-refractivity contribution in [2.24, 2.45) is 0 Å². The fourth-order valence-corrected chi connectivity index (χ4v) is 4.72. The van der Waals surface area contributed by atoms with Crippen molar-refractivity contribution in [1.29, 1.82) is 0 Å². The van der Waals surface area contributed by atoms with Crippen molar-refractivity contribution in [3.05, 3.63) is 69.3 Å². The minimum atomic E-state index is -0.901. The van der Waals surface area contributed by atoms with Gasteiger partial charge in [-0.1, -0.05) is 36.4 Å². The minimum Gasteiger partial charge on any atom is -0.492 e. The summed E-state index contributed by atoms with van der Waals surface area (Å²) in [4.78, 5) is 13.4. The molecule has 2 aliphatic rings. The van der Waals surface area contributed by atoms with E-state index in [0.29, 0.717) is 0 Å². The number of fused-ring (bicyclic) bond motifs is 8. The summed E-state index contributed by atoms with van der Waals surface area (Å²) in [6.07, 6.45) is 3.80. The summed E-state index contributed by atoms with van der Waals surface area (Å²) in [5.74, 6) is 0.791. The van der Waals surface area contributed by atoms with E-state index in [1.165, 1.54) is 22.3 Å². The zero-order valence-corrected chi connectivity index (χ0v) is 16.9. The maximum atomic E-state index is 13.4. The molecule has 1 aliphatic heterocycles. The highest BCUT2D eigenvalue weighted by Gasteiger charge is 2.37. The first-order valence-electron chi connectivity index (χ1n) is 9.64. The lowest BCUT2D eigenvalue weighted by atomic mass is 9.78. The Morgan fingerprint density at radius 2 is 1.46 bits per heavy atom. The summed E-state index contributed by atoms with van der Waals surface area (Å²) < 4.78 is 6.27. The molecule has 0 bridgehead atoms. The number of aryl methyl sites for hydroxylation is 2. The lowest BCUT2D eigenvalue weighted by Crippen LogP contribution is -2.32. The van der Waals surface area contributed by atoms with Gasteiger partial charge in [0.25, 0.3) is 0 Å². The number of ether oxygens (including phenoxy) is 1. The third-order valence-electron chi connectivity index (χ3n) is 6.50. The molecule has 3 heteroatoms. The molecule has 2 radical (unpaired) electrons. The standard InChI is InChI=1S/C25H21BO2/c1-12-13(2)15(4)20-19(14(12)3)21-16-8-6-7-9-17(16)23(27)22(21)18-10-11-25(5,26)28-24(18)20/h6-11H,1-5H3. The van der Waals surface area contributed by atoms with Crippen molar-refractivity contribution in [2.45, 2.75) is 40.1 Å². The zero-order chi connectivity index (χ0) is 20.0. The Morgan fingerprint density at radius 3 is 2.14 bits per heavy atom. The van der Waals surface area contributed by atoms with Gasteiger partial charge in [-0.25, -0.2) is 0 Å². The number of rotatable bonds is 0. The monoisotopic (exact) mass is 364 g/mol. The molecule has 1 aliphatic carbocycles. The number of ketones is 1. The summed E-state index contributed by atoms with van der Waals surface area (Å²) in [7, 11) is 6.31. The fourth-order valence-electron chi connectivity index (χ4n) is 4.72. The van der Waals surface area contributed by atoms with Crippen LogP contribution in [0, 0.1) is 27.7 Å². The SMILES string of the molecule is [B]C1(C)C=Cc2c3c(c4c(C)c(C)c(C)c(C)c4c2O1)-c1ccccc1C3=O. The number of benzene rings is 3. The first-order valence-corrected chi connectivity index (χ1v) is 9.64. The molecule has 2 nitrogen and oxygen atoms in total. The maximum absolute atomic E-state index is 13.4. The smallest absolute Gasteiger partial charge is 0.195 e. The van der Waals surface area contributed by atoms with E-state index in [2.05, 4.69) is 33.8 Å². The lowest BCUT2D eigenvalue weighted by molar-refractivity contribution is 0.104. The molecule has 0 saturated carbocycles. The topological polar surface area (TPSA) is 26.3 Å². The van der Waals surface area contributed by atoms with E-state index in [1.54, 1.807) is 0 Å². The van der Waals surface area contributed by atoms with E-state index < -0.39 is 5.50 Å². The molecule has 1 heterocycles. The molecule has 1 unspecified atom stereocenters. The third kappa shape index (κ3) is 2.02. The van der Waals surface area contributed by atoms with Crippen LogP contribution in [-0.4, -0.2) is 19.1 Å². The largest absolute Gasteiger partial charge is 0.492 e. The summed E-state index contributed by atoms with van der Waals surface area (Å²) in [5.41, 5.74) is 8.37. The normalized spacial score (nSPS) is 19.4. The van der Waals surface area contributed by atoms with Crippen LogP contribution < -0.4 is 4.74 Å². The van der Waals surface area contributed by atoms with Crippen LogP contribution in [0.4, 0.5) is 0 Å². The van der Waals surface area contributed by atoms with Gasteiger partial charge < -0.3 is 4.74 Å². The number of carbonyl (C=O) groups is 1. The summed E-state index contributed by atoms with van der Waals surface area (Å²) in [6.45, 7) is 10.4. The first-order chi connectivity index (χ1) is 13.2. The Kier molecular flexibility index (Phi) is 3.32. The Balaban J connectivity index is 2.09. The van der Waals surface area contributed by atoms with Crippen LogP contribution in [-0.2, 0) is 0 Å². The lowest BCUT2D eigenvalue weighted by Gasteiger charge is -2.32. The first kappa shape index (κ1) is 17.3. The molecule has 0 spiro atoms. The Morgan fingerprint density at radius 1 is 0.857 bits per heavy atom. The molecule has 3 aromatic carbocycles. The Labute approximate surface area is 166 Å². The van der Waals surface area contributed by atoms with Gasteiger partial charge in [0.05, 0.1) is 5.50 Å². The van der Waals surface area contributed by atoms with Gasteiger partial charge in [-0.15, -0.1) is 0 Å². The maximum Gasteiger partial charge on any atom is 0.195 e. The van der Waals surface area contributed by atoms with Gasteiger partial charge in [0.15, 0.2) is 5.78 Å². The van der Waals surface area contributed by atoms with Crippen LogP contribution in [0.2, 0.25) is 0 Å². The zero-order valence-electron chi connectivity index (χ0n) is 16.9. The van der Waals surface area contributed by atoms with E-state index >= 15 is 0 Å². The van der Waals surface area contributed by atoms with Gasteiger partial charge in [0.1, 0.15) is 13.6 Å². The van der Waals surface area contributed by atoms with Crippen LogP contribution in [0.3, 0.4) is 0 Å². The van der Waals surface area contributed by atoms with Crippen molar-refractivity contribution in [2.75, 3.05) is 0 Å². The molecule has 28 heavy (non-hydrogen) atoms. The summed E-state index contributed by atoms with van der Waals surface area (Å²) >= 11 is 0. The van der Waals surface area contributed by atoms with Crippen molar-refractivity contribution >= 4 is 30.5 Å². The highest BCUT2D eigenvalue weighted by Crippen LogP contribution is 2.52. The average molecular weight is 364 g/mol. The molecule has 1 atom stereocenters. The van der Waals surface area contributed by atoms with E-state index in [4.69, 9.17) is 12.6 Å². The van der Waals surface area contributed by atoms with Gasteiger partial charge in [0.2, 0.25) is 0 Å². The predicted octanol–water partition coefficient (Wildman–Crippen LogP) is 5.58. The predicted molar refractivity (Wildman–Crippen MR) is 116 cm³/mol. The summed E-state index contributed by atoms with van der Waals surface area (Å²) in [5, 5.41) is 2.18. The van der Waals surface area contributed by atoms with E-state index in [-0.39, 0.29) is 5.78 Å². The van der Waals surface area contributed by atoms with Crippen molar-refractivity contribution in [1.82, 2.24) is 0 Å². The molecule has 0 fully saturated rings. The van der Waals surface area contributed by atoms with Gasteiger partial charge >= 0.3 is 0 Å². The molecule has 0 aromatic heterocycles. The van der Waals surface area contributed by atoms with E-state index in [0.717, 1.165) is 44.3 Å². The highest BCUT2D eigenvalue weighted by atomic mass is 16.5. The molecule has 3 aromatic rings.